The van der Waals surface area contributed by atoms with Crippen molar-refractivity contribution in [2.45, 2.75) is 38.3 Å². The van der Waals surface area contributed by atoms with Gasteiger partial charge < -0.3 is 4.90 Å². The summed E-state index contributed by atoms with van der Waals surface area (Å²) in [6, 6.07) is 12.9. The molecule has 0 saturated carbocycles. The van der Waals surface area contributed by atoms with Crippen LogP contribution in [0.5, 0.6) is 0 Å². The van der Waals surface area contributed by atoms with E-state index in [1.165, 1.54) is 4.90 Å². The Hall–Kier alpha value is -2.70. The lowest BCUT2D eigenvalue weighted by Crippen LogP contribution is -2.56. The molecular formula is C25H24ClN3O3. The van der Waals surface area contributed by atoms with E-state index in [0.29, 0.717) is 23.8 Å². The van der Waals surface area contributed by atoms with Gasteiger partial charge in [0.2, 0.25) is 11.8 Å². The van der Waals surface area contributed by atoms with Crippen molar-refractivity contribution >= 4 is 40.7 Å². The number of carbonyl (C=O) groups is 3. The maximum absolute atomic E-state index is 14.1. The Bertz CT molecular complexity index is 1200. The number of halogens is 1. The summed E-state index contributed by atoms with van der Waals surface area (Å²) in [6.07, 6.45) is 1.72. The average Bonchev–Trinajstić information content (AvgIpc) is 3.48. The van der Waals surface area contributed by atoms with Crippen LogP contribution in [0, 0.1) is 18.8 Å². The van der Waals surface area contributed by atoms with Gasteiger partial charge >= 0.3 is 0 Å². The number of anilines is 2. The molecule has 6 rings (SSSR count). The van der Waals surface area contributed by atoms with Crippen LogP contribution in [0.1, 0.15) is 30.9 Å². The van der Waals surface area contributed by atoms with Gasteiger partial charge in [-0.15, -0.1) is 0 Å². The van der Waals surface area contributed by atoms with E-state index in [1.54, 1.807) is 17.0 Å². The van der Waals surface area contributed by atoms with Crippen molar-refractivity contribution in [2.75, 3.05) is 22.9 Å². The lowest BCUT2D eigenvalue weighted by atomic mass is 9.75. The predicted molar refractivity (Wildman–Crippen MR) is 122 cm³/mol. The van der Waals surface area contributed by atoms with E-state index in [2.05, 4.69) is 4.90 Å². The third kappa shape index (κ3) is 2.17. The topological polar surface area (TPSA) is 60.9 Å². The van der Waals surface area contributed by atoms with Crippen molar-refractivity contribution in [2.24, 2.45) is 11.8 Å². The molecule has 4 aliphatic rings. The highest BCUT2D eigenvalue weighted by molar-refractivity contribution is 6.32. The minimum absolute atomic E-state index is 0.0774. The molecule has 0 aliphatic carbocycles. The Morgan fingerprint density at radius 1 is 1.06 bits per heavy atom. The summed E-state index contributed by atoms with van der Waals surface area (Å²) in [5, 5.41) is 0.472. The normalized spacial score (nSPS) is 31.1. The van der Waals surface area contributed by atoms with Gasteiger partial charge in [0, 0.05) is 28.9 Å². The van der Waals surface area contributed by atoms with E-state index < -0.39 is 17.4 Å². The van der Waals surface area contributed by atoms with Gasteiger partial charge in [0.15, 0.2) is 0 Å². The lowest BCUT2D eigenvalue weighted by molar-refractivity contribution is -0.137. The molecule has 0 N–H and O–H groups in total. The van der Waals surface area contributed by atoms with Crippen molar-refractivity contribution in [3.8, 4) is 0 Å². The summed E-state index contributed by atoms with van der Waals surface area (Å²) in [7, 11) is 0. The molecule has 2 aromatic carbocycles. The quantitative estimate of drug-likeness (QED) is 0.658. The van der Waals surface area contributed by atoms with Gasteiger partial charge in [0.25, 0.3) is 5.91 Å². The van der Waals surface area contributed by atoms with Gasteiger partial charge in [-0.1, -0.05) is 35.9 Å². The number of aryl methyl sites for hydroxylation is 1. The molecule has 4 unspecified atom stereocenters. The number of carbonyl (C=O) groups excluding carboxylic acids is 3. The van der Waals surface area contributed by atoms with Crippen LogP contribution in [0.25, 0.3) is 0 Å². The van der Waals surface area contributed by atoms with E-state index in [1.807, 2.05) is 44.2 Å². The molecular weight excluding hydrogens is 426 g/mol. The van der Waals surface area contributed by atoms with Crippen LogP contribution in [0.3, 0.4) is 0 Å². The number of imide groups is 1. The number of fused-ring (bicyclic) bond motifs is 7. The molecule has 3 saturated heterocycles. The van der Waals surface area contributed by atoms with E-state index in [4.69, 9.17) is 11.6 Å². The van der Waals surface area contributed by atoms with Crippen LogP contribution in [-0.4, -0.2) is 41.8 Å². The molecule has 0 bridgehead atoms. The Labute approximate surface area is 191 Å². The monoisotopic (exact) mass is 449 g/mol. The molecule has 2 aromatic rings. The molecule has 4 heterocycles. The summed E-state index contributed by atoms with van der Waals surface area (Å²) < 4.78 is 0. The molecule has 3 fully saturated rings. The van der Waals surface area contributed by atoms with E-state index in [9.17, 15) is 14.4 Å². The summed E-state index contributed by atoms with van der Waals surface area (Å²) in [5.74, 6) is -1.84. The summed E-state index contributed by atoms with van der Waals surface area (Å²) >= 11 is 6.23. The third-order valence-electron chi connectivity index (χ3n) is 7.87. The molecule has 1 spiro atoms. The molecule has 164 valence electrons. The highest BCUT2D eigenvalue weighted by atomic mass is 35.5. The van der Waals surface area contributed by atoms with Gasteiger partial charge in [-0.3, -0.25) is 19.3 Å². The van der Waals surface area contributed by atoms with Crippen molar-refractivity contribution in [1.82, 2.24) is 4.90 Å². The first-order valence-corrected chi connectivity index (χ1v) is 11.6. The predicted octanol–water partition coefficient (Wildman–Crippen LogP) is 3.49. The Kier molecular flexibility index (Phi) is 4.15. The summed E-state index contributed by atoms with van der Waals surface area (Å²) in [5.41, 5.74) is 1.92. The fourth-order valence-electron chi connectivity index (χ4n) is 6.72. The zero-order chi connectivity index (χ0) is 22.4. The number of likely N-dealkylation sites (N-methyl/N-ethyl adjacent to an activating group) is 1. The molecule has 7 heteroatoms. The van der Waals surface area contributed by atoms with Crippen LogP contribution in [0.4, 0.5) is 11.4 Å². The van der Waals surface area contributed by atoms with Crippen molar-refractivity contribution in [3.63, 3.8) is 0 Å². The Morgan fingerprint density at radius 3 is 2.62 bits per heavy atom. The number of hydrogen-bond donors (Lipinski definition) is 0. The number of amides is 3. The minimum Gasteiger partial charge on any atom is -0.310 e. The van der Waals surface area contributed by atoms with E-state index in [0.717, 1.165) is 29.7 Å². The Morgan fingerprint density at radius 2 is 1.84 bits per heavy atom. The molecule has 0 aromatic heterocycles. The number of hydrogen-bond acceptors (Lipinski definition) is 4. The highest BCUT2D eigenvalue weighted by Crippen LogP contribution is 2.61. The highest BCUT2D eigenvalue weighted by Gasteiger charge is 2.75. The number of rotatable bonds is 2. The largest absolute Gasteiger partial charge is 0.310 e. The van der Waals surface area contributed by atoms with Crippen LogP contribution in [0.2, 0.25) is 5.02 Å². The molecule has 4 aliphatic heterocycles. The van der Waals surface area contributed by atoms with Crippen LogP contribution in [-0.2, 0) is 19.9 Å². The molecule has 0 radical (unpaired) electrons. The zero-order valence-corrected chi connectivity index (χ0v) is 18.8. The molecule has 4 atom stereocenters. The van der Waals surface area contributed by atoms with Crippen LogP contribution >= 0.6 is 11.6 Å². The smallest absolute Gasteiger partial charge is 0.253 e. The first-order valence-electron chi connectivity index (χ1n) is 11.2. The molecule has 6 nitrogen and oxygen atoms in total. The second-order valence-corrected chi connectivity index (χ2v) is 9.62. The van der Waals surface area contributed by atoms with Crippen LogP contribution in [0.15, 0.2) is 42.5 Å². The zero-order valence-electron chi connectivity index (χ0n) is 18.0. The SMILES string of the molecule is CCN1C(=O)C2(c3ccccc31)C1C(=O)N(c3cc(Cl)ccc3C)C(=O)C1C1CCCN12. The second kappa shape index (κ2) is 6.65. The fraction of sp³-hybridized carbons (Fsp3) is 0.400. The van der Waals surface area contributed by atoms with E-state index in [-0.39, 0.29) is 23.8 Å². The third-order valence-corrected chi connectivity index (χ3v) is 8.11. The van der Waals surface area contributed by atoms with Gasteiger partial charge in [0.05, 0.1) is 17.5 Å². The minimum atomic E-state index is -1.12. The molecule has 32 heavy (non-hydrogen) atoms. The van der Waals surface area contributed by atoms with E-state index >= 15 is 0 Å². The fourth-order valence-corrected chi connectivity index (χ4v) is 6.88. The first kappa shape index (κ1) is 19.9. The number of nitrogens with zero attached hydrogens (tertiary/aromatic N) is 3. The maximum Gasteiger partial charge on any atom is 0.253 e. The summed E-state index contributed by atoms with van der Waals surface area (Å²) in [6.45, 7) is 5.05. The molecule has 3 amide bonds. The van der Waals surface area contributed by atoms with Crippen molar-refractivity contribution in [3.05, 3.63) is 58.6 Å². The maximum atomic E-state index is 14.1. The lowest BCUT2D eigenvalue weighted by Gasteiger charge is -2.37. The van der Waals surface area contributed by atoms with Crippen LogP contribution < -0.4 is 9.80 Å². The summed E-state index contributed by atoms with van der Waals surface area (Å²) in [4.78, 5) is 47.3. The average molecular weight is 450 g/mol. The Balaban J connectivity index is 1.58. The standard InChI is InChI=1S/C25H24ClN3O3/c1-3-27-17-8-5-4-7-16(17)25(24(27)32)21-20(18-9-6-12-28(18)25)22(30)29(23(21)31)19-13-15(26)11-10-14(19)2/h4-5,7-8,10-11,13,18,20-21H,3,6,9,12H2,1-2H3. The van der Waals surface area contributed by atoms with Crippen molar-refractivity contribution < 1.29 is 14.4 Å². The van der Waals surface area contributed by atoms with Gasteiger partial charge in [-0.05, 0) is 57.0 Å². The van der Waals surface area contributed by atoms with Crippen molar-refractivity contribution in [1.29, 1.82) is 0 Å². The number of para-hydroxylation sites is 1. The number of benzene rings is 2. The second-order valence-electron chi connectivity index (χ2n) is 9.18. The first-order chi connectivity index (χ1) is 15.4. The van der Waals surface area contributed by atoms with Gasteiger partial charge in [0.1, 0.15) is 5.54 Å². The van der Waals surface area contributed by atoms with Gasteiger partial charge in [-0.2, -0.15) is 0 Å². The van der Waals surface area contributed by atoms with Gasteiger partial charge in [-0.25, -0.2) is 4.90 Å².